The van der Waals surface area contributed by atoms with Crippen molar-refractivity contribution in [3.63, 3.8) is 0 Å². The molecule has 0 aliphatic carbocycles. The van der Waals surface area contributed by atoms with E-state index >= 15 is 0 Å². The van der Waals surface area contributed by atoms with E-state index in [9.17, 15) is 4.79 Å². The lowest BCUT2D eigenvalue weighted by Gasteiger charge is -1.99. The van der Waals surface area contributed by atoms with Crippen molar-refractivity contribution in [1.29, 1.82) is 0 Å². The van der Waals surface area contributed by atoms with E-state index in [0.29, 0.717) is 16.5 Å². The van der Waals surface area contributed by atoms with Crippen molar-refractivity contribution in [2.45, 2.75) is 13.0 Å². The highest BCUT2D eigenvalue weighted by molar-refractivity contribution is 7.18. The summed E-state index contributed by atoms with van der Waals surface area (Å²) >= 11 is 1.73. The second kappa shape index (κ2) is 8.09. The summed E-state index contributed by atoms with van der Waals surface area (Å²) in [4.78, 5) is 12.8. The molecule has 5 aromatic rings. The number of benzene rings is 3. The molecule has 146 valence electrons. The Bertz CT molecular complexity index is 1410. The molecule has 5 rings (SSSR count). The van der Waals surface area contributed by atoms with Crippen LogP contribution in [0.2, 0.25) is 0 Å². The summed E-state index contributed by atoms with van der Waals surface area (Å²) in [6.07, 6.45) is 6.38. The molecule has 0 N–H and O–H groups in total. The van der Waals surface area contributed by atoms with Gasteiger partial charge in [0.15, 0.2) is 12.0 Å². The minimum Gasteiger partial charge on any atom is -0.463 e. The highest BCUT2D eigenvalue weighted by Gasteiger charge is 2.18. The van der Waals surface area contributed by atoms with Crippen LogP contribution >= 0.6 is 11.3 Å². The fraction of sp³-hybridized carbons (Fsp3) is 0.0769. The standard InChI is InChI=1S/C26H20NO2S/c28-26-20(18-29-23-12-6-4-10-21(23)26)14-15-25-27(17-16-19-8-2-1-3-9-19)22-11-5-7-13-24(22)30-25/h1-15,18H,16-17H2/q+1/b15-14+. The Balaban J connectivity index is 1.52. The number of rotatable bonds is 5. The van der Waals surface area contributed by atoms with Crippen molar-refractivity contribution >= 4 is 44.7 Å². The van der Waals surface area contributed by atoms with E-state index in [0.717, 1.165) is 18.0 Å². The minimum atomic E-state index is -0.00922. The Hall–Kier alpha value is -3.50. The van der Waals surface area contributed by atoms with Crippen LogP contribution in [0.5, 0.6) is 0 Å². The van der Waals surface area contributed by atoms with Gasteiger partial charge in [-0.2, -0.15) is 4.57 Å². The zero-order valence-corrected chi connectivity index (χ0v) is 17.1. The summed E-state index contributed by atoms with van der Waals surface area (Å²) in [5.41, 5.74) is 3.68. The van der Waals surface area contributed by atoms with Crippen LogP contribution in [0.1, 0.15) is 16.1 Å². The molecule has 0 fully saturated rings. The fourth-order valence-electron chi connectivity index (χ4n) is 3.66. The molecule has 0 saturated carbocycles. The molecule has 2 heterocycles. The second-order valence-corrected chi connectivity index (χ2v) is 8.21. The quantitative estimate of drug-likeness (QED) is 0.348. The van der Waals surface area contributed by atoms with Gasteiger partial charge >= 0.3 is 0 Å². The Kier molecular flexibility index (Phi) is 4.99. The van der Waals surface area contributed by atoms with Gasteiger partial charge in [0.2, 0.25) is 5.52 Å². The Morgan fingerprint density at radius 3 is 2.53 bits per heavy atom. The van der Waals surface area contributed by atoms with Crippen LogP contribution in [0.25, 0.3) is 33.3 Å². The first-order chi connectivity index (χ1) is 14.8. The molecule has 0 aliphatic heterocycles. The summed E-state index contributed by atoms with van der Waals surface area (Å²) in [5.74, 6) is 0. The summed E-state index contributed by atoms with van der Waals surface area (Å²) in [6.45, 7) is 0.875. The Morgan fingerprint density at radius 2 is 1.63 bits per heavy atom. The van der Waals surface area contributed by atoms with Gasteiger partial charge in [-0.1, -0.05) is 65.9 Å². The topological polar surface area (TPSA) is 34.1 Å². The maximum absolute atomic E-state index is 12.8. The van der Waals surface area contributed by atoms with Gasteiger partial charge in [0, 0.05) is 18.6 Å². The van der Waals surface area contributed by atoms with Gasteiger partial charge in [-0.15, -0.1) is 0 Å². The summed E-state index contributed by atoms with van der Waals surface area (Å²) < 4.78 is 9.21. The molecule has 0 unspecified atom stereocenters. The molecular formula is C26H20NO2S+. The smallest absolute Gasteiger partial charge is 0.262 e. The number of para-hydroxylation sites is 2. The predicted molar refractivity (Wildman–Crippen MR) is 124 cm³/mol. The van der Waals surface area contributed by atoms with Crippen LogP contribution in [-0.2, 0) is 13.0 Å². The molecular weight excluding hydrogens is 390 g/mol. The zero-order valence-electron chi connectivity index (χ0n) is 16.3. The number of hydrogen-bond acceptors (Lipinski definition) is 3. The van der Waals surface area contributed by atoms with E-state index in [1.807, 2.05) is 36.4 Å². The molecule has 2 aromatic heterocycles. The first kappa shape index (κ1) is 18.5. The molecule has 0 aliphatic rings. The Morgan fingerprint density at radius 1 is 0.867 bits per heavy atom. The average Bonchev–Trinajstić information content (AvgIpc) is 3.15. The third kappa shape index (κ3) is 3.58. The predicted octanol–water partition coefficient (Wildman–Crippen LogP) is 5.71. The molecule has 0 saturated heterocycles. The van der Waals surface area contributed by atoms with E-state index in [1.165, 1.54) is 15.8 Å². The lowest BCUT2D eigenvalue weighted by molar-refractivity contribution is -0.668. The van der Waals surface area contributed by atoms with Crippen LogP contribution in [-0.4, -0.2) is 0 Å². The van der Waals surface area contributed by atoms with Crippen molar-refractivity contribution < 1.29 is 8.98 Å². The van der Waals surface area contributed by atoms with E-state index in [1.54, 1.807) is 23.7 Å². The van der Waals surface area contributed by atoms with Gasteiger partial charge in [0.05, 0.1) is 10.9 Å². The number of thiazole rings is 1. The second-order valence-electron chi connectivity index (χ2n) is 7.14. The van der Waals surface area contributed by atoms with Crippen LogP contribution < -0.4 is 10.00 Å². The Labute approximate surface area is 178 Å². The van der Waals surface area contributed by atoms with Crippen molar-refractivity contribution in [3.8, 4) is 0 Å². The highest BCUT2D eigenvalue weighted by Crippen LogP contribution is 2.22. The molecule has 3 nitrogen and oxygen atoms in total. The van der Waals surface area contributed by atoms with Crippen LogP contribution in [0.4, 0.5) is 0 Å². The van der Waals surface area contributed by atoms with Gasteiger partial charge in [0.1, 0.15) is 16.5 Å². The lowest BCUT2D eigenvalue weighted by Crippen LogP contribution is -2.36. The average molecular weight is 411 g/mol. The van der Waals surface area contributed by atoms with Gasteiger partial charge in [0.25, 0.3) is 5.01 Å². The molecule has 0 atom stereocenters. The number of aromatic nitrogens is 1. The van der Waals surface area contributed by atoms with Gasteiger partial charge in [-0.25, -0.2) is 0 Å². The van der Waals surface area contributed by atoms with Crippen molar-refractivity contribution in [3.05, 3.63) is 111 Å². The third-order valence-electron chi connectivity index (χ3n) is 5.22. The van der Waals surface area contributed by atoms with Crippen molar-refractivity contribution in [1.82, 2.24) is 0 Å². The maximum atomic E-state index is 12.8. The first-order valence-electron chi connectivity index (χ1n) is 9.93. The summed E-state index contributed by atoms with van der Waals surface area (Å²) in [5, 5.41) is 1.72. The largest absolute Gasteiger partial charge is 0.463 e. The van der Waals surface area contributed by atoms with Gasteiger partial charge < -0.3 is 4.42 Å². The fourth-order valence-corrected chi connectivity index (χ4v) is 4.75. The molecule has 0 radical (unpaired) electrons. The van der Waals surface area contributed by atoms with Crippen molar-refractivity contribution in [2.24, 2.45) is 0 Å². The van der Waals surface area contributed by atoms with E-state index in [4.69, 9.17) is 4.42 Å². The SMILES string of the molecule is O=c1c(/C=C/c2sc3ccccc3[n+]2CCc2ccccc2)coc2ccccc12. The van der Waals surface area contributed by atoms with Crippen LogP contribution in [0.3, 0.4) is 0 Å². The highest BCUT2D eigenvalue weighted by atomic mass is 32.1. The normalized spacial score (nSPS) is 11.6. The first-order valence-corrected chi connectivity index (χ1v) is 10.8. The minimum absolute atomic E-state index is 0.00922. The number of hydrogen-bond donors (Lipinski definition) is 0. The molecule has 30 heavy (non-hydrogen) atoms. The molecule has 3 aromatic carbocycles. The number of nitrogens with zero attached hydrogens (tertiary/aromatic N) is 1. The van der Waals surface area contributed by atoms with Gasteiger partial charge in [-0.05, 0) is 29.8 Å². The van der Waals surface area contributed by atoms with Crippen LogP contribution in [0, 0.1) is 0 Å². The van der Waals surface area contributed by atoms with E-state index in [-0.39, 0.29) is 5.43 Å². The molecule has 0 amide bonds. The van der Waals surface area contributed by atoms with Gasteiger partial charge in [-0.3, -0.25) is 4.79 Å². The number of fused-ring (bicyclic) bond motifs is 2. The molecule has 0 bridgehead atoms. The monoisotopic (exact) mass is 410 g/mol. The number of aryl methyl sites for hydroxylation is 2. The molecule has 0 spiro atoms. The molecule has 4 heteroatoms. The van der Waals surface area contributed by atoms with Crippen molar-refractivity contribution in [2.75, 3.05) is 0 Å². The van der Waals surface area contributed by atoms with E-state index < -0.39 is 0 Å². The zero-order chi connectivity index (χ0) is 20.3. The third-order valence-corrected chi connectivity index (χ3v) is 6.35. The maximum Gasteiger partial charge on any atom is 0.262 e. The van der Waals surface area contributed by atoms with E-state index in [2.05, 4.69) is 53.1 Å². The summed E-state index contributed by atoms with van der Waals surface area (Å²) in [6, 6.07) is 26.3. The van der Waals surface area contributed by atoms with Crippen LogP contribution in [0.15, 0.2) is 94.3 Å². The lowest BCUT2D eigenvalue weighted by atomic mass is 10.1. The summed E-state index contributed by atoms with van der Waals surface area (Å²) in [7, 11) is 0.